The van der Waals surface area contributed by atoms with E-state index in [9.17, 15) is 9.59 Å². The molecule has 7 heteroatoms. The number of likely N-dealkylation sites (tertiary alicyclic amines) is 2. The molecule has 0 unspecified atom stereocenters. The van der Waals surface area contributed by atoms with Crippen LogP contribution in [-0.2, 0) is 9.59 Å². The average Bonchev–Trinajstić information content (AvgIpc) is 2.96. The normalized spacial score (nSPS) is 20.5. The summed E-state index contributed by atoms with van der Waals surface area (Å²) in [6.07, 6.45) is 0.290. The lowest BCUT2D eigenvalue weighted by molar-refractivity contribution is -0.144. The fraction of sp³-hybridized carbons (Fsp3) is 0.579. The van der Waals surface area contributed by atoms with E-state index < -0.39 is 0 Å². The van der Waals surface area contributed by atoms with Gasteiger partial charge in [-0.1, -0.05) is 12.1 Å². The minimum absolute atomic E-state index is 0.0304. The maximum atomic E-state index is 12.6. The number of benzene rings is 1. The van der Waals surface area contributed by atoms with Crippen molar-refractivity contribution in [3.05, 3.63) is 24.3 Å². The number of ether oxygens (including phenoxy) is 2. The molecule has 0 aromatic heterocycles. The van der Waals surface area contributed by atoms with Crippen LogP contribution < -0.4 is 9.47 Å². The molecule has 1 atom stereocenters. The number of carbonyl (C=O) groups is 2. The second-order valence-corrected chi connectivity index (χ2v) is 7.18. The van der Waals surface area contributed by atoms with Crippen molar-refractivity contribution >= 4 is 11.8 Å². The highest BCUT2D eigenvalue weighted by molar-refractivity contribution is 5.89. The van der Waals surface area contributed by atoms with E-state index in [4.69, 9.17) is 9.47 Å². The average molecular weight is 361 g/mol. The quantitative estimate of drug-likeness (QED) is 0.715. The Morgan fingerprint density at radius 1 is 1.19 bits per heavy atom. The van der Waals surface area contributed by atoms with E-state index in [1.54, 1.807) is 16.9 Å². The first-order chi connectivity index (χ1) is 12.5. The molecule has 0 N–H and O–H groups in total. The summed E-state index contributed by atoms with van der Waals surface area (Å²) in [5.41, 5.74) is 0. The number of carbonyl (C=O) groups excluding carboxylic acids is 2. The van der Waals surface area contributed by atoms with Crippen LogP contribution in [0.15, 0.2) is 24.3 Å². The Morgan fingerprint density at radius 3 is 2.54 bits per heavy atom. The SMILES string of the molecule is COc1ccccc1OC1CN(C(=O)[C@H]2CC(=O)N(CCN(C)C)C2)C1. The van der Waals surface area contributed by atoms with Crippen molar-refractivity contribution in [1.29, 1.82) is 0 Å². The number of para-hydroxylation sites is 2. The van der Waals surface area contributed by atoms with Gasteiger partial charge in [0.05, 0.1) is 26.1 Å². The Hall–Kier alpha value is -2.28. The van der Waals surface area contributed by atoms with E-state index in [-0.39, 0.29) is 23.8 Å². The lowest BCUT2D eigenvalue weighted by Gasteiger charge is -2.40. The van der Waals surface area contributed by atoms with E-state index in [1.807, 2.05) is 43.3 Å². The number of amides is 2. The molecule has 2 heterocycles. The van der Waals surface area contributed by atoms with Gasteiger partial charge in [0.2, 0.25) is 11.8 Å². The van der Waals surface area contributed by atoms with E-state index in [2.05, 4.69) is 0 Å². The van der Waals surface area contributed by atoms with Crippen molar-refractivity contribution in [1.82, 2.24) is 14.7 Å². The van der Waals surface area contributed by atoms with Crippen LogP contribution in [0.25, 0.3) is 0 Å². The molecule has 142 valence electrons. The van der Waals surface area contributed by atoms with Crippen LogP contribution >= 0.6 is 0 Å². The molecule has 1 aromatic rings. The van der Waals surface area contributed by atoms with Crippen molar-refractivity contribution < 1.29 is 19.1 Å². The zero-order valence-electron chi connectivity index (χ0n) is 15.7. The second-order valence-electron chi connectivity index (χ2n) is 7.18. The van der Waals surface area contributed by atoms with E-state index in [1.165, 1.54) is 0 Å². The number of nitrogens with zero attached hydrogens (tertiary/aromatic N) is 3. The third kappa shape index (κ3) is 4.09. The first kappa shape index (κ1) is 18.5. The first-order valence-electron chi connectivity index (χ1n) is 8.99. The molecule has 3 rings (SSSR count). The fourth-order valence-electron chi connectivity index (χ4n) is 3.32. The summed E-state index contributed by atoms with van der Waals surface area (Å²) in [5.74, 6) is 1.29. The van der Waals surface area contributed by atoms with Gasteiger partial charge in [0.1, 0.15) is 6.10 Å². The molecule has 2 fully saturated rings. The maximum absolute atomic E-state index is 12.6. The Bertz CT molecular complexity index is 658. The van der Waals surface area contributed by atoms with Gasteiger partial charge in [0, 0.05) is 26.1 Å². The molecule has 26 heavy (non-hydrogen) atoms. The van der Waals surface area contributed by atoms with Crippen molar-refractivity contribution in [2.24, 2.45) is 5.92 Å². The van der Waals surface area contributed by atoms with Crippen LogP contribution in [-0.4, -0.2) is 86.5 Å². The highest BCUT2D eigenvalue weighted by Crippen LogP contribution is 2.29. The van der Waals surface area contributed by atoms with Crippen LogP contribution in [0.5, 0.6) is 11.5 Å². The highest BCUT2D eigenvalue weighted by atomic mass is 16.5. The standard InChI is InChI=1S/C19H27N3O4/c1-20(2)8-9-21-11-14(10-18(21)23)19(24)22-12-15(13-22)26-17-7-5-4-6-16(17)25-3/h4-7,14-15H,8-13H2,1-3H3/t14-/m0/s1. The third-order valence-electron chi connectivity index (χ3n) is 4.90. The van der Waals surface area contributed by atoms with Crippen LogP contribution in [0, 0.1) is 5.92 Å². The van der Waals surface area contributed by atoms with Crippen molar-refractivity contribution in [3.8, 4) is 11.5 Å². The highest BCUT2D eigenvalue weighted by Gasteiger charge is 2.41. The number of hydrogen-bond acceptors (Lipinski definition) is 5. The predicted molar refractivity (Wildman–Crippen MR) is 97.2 cm³/mol. The van der Waals surface area contributed by atoms with Crippen LogP contribution in [0.2, 0.25) is 0 Å². The fourth-order valence-corrected chi connectivity index (χ4v) is 3.32. The Morgan fingerprint density at radius 2 is 1.88 bits per heavy atom. The monoisotopic (exact) mass is 361 g/mol. The summed E-state index contributed by atoms with van der Waals surface area (Å²) in [4.78, 5) is 30.4. The molecule has 0 saturated carbocycles. The molecule has 0 radical (unpaired) electrons. The lowest BCUT2D eigenvalue weighted by atomic mass is 10.0. The van der Waals surface area contributed by atoms with Gasteiger partial charge in [-0.15, -0.1) is 0 Å². The molecule has 2 saturated heterocycles. The topological polar surface area (TPSA) is 62.3 Å². The van der Waals surface area contributed by atoms with Crippen LogP contribution in [0.4, 0.5) is 0 Å². The summed E-state index contributed by atoms with van der Waals surface area (Å²) in [6.45, 7) is 3.12. The summed E-state index contributed by atoms with van der Waals surface area (Å²) in [5, 5.41) is 0. The summed E-state index contributed by atoms with van der Waals surface area (Å²) < 4.78 is 11.2. The summed E-state index contributed by atoms with van der Waals surface area (Å²) in [7, 11) is 5.56. The van der Waals surface area contributed by atoms with Crippen LogP contribution in [0.1, 0.15) is 6.42 Å². The summed E-state index contributed by atoms with van der Waals surface area (Å²) >= 11 is 0. The van der Waals surface area contributed by atoms with Crippen molar-refractivity contribution in [2.75, 3.05) is 53.9 Å². The molecule has 2 aliphatic heterocycles. The molecular formula is C19H27N3O4. The number of hydrogen-bond donors (Lipinski definition) is 0. The third-order valence-corrected chi connectivity index (χ3v) is 4.90. The lowest BCUT2D eigenvalue weighted by Crippen LogP contribution is -2.57. The van der Waals surface area contributed by atoms with Gasteiger partial charge in [-0.05, 0) is 26.2 Å². The number of rotatable bonds is 7. The van der Waals surface area contributed by atoms with E-state index in [0.29, 0.717) is 44.1 Å². The molecule has 0 aliphatic carbocycles. The van der Waals surface area contributed by atoms with Gasteiger partial charge in [-0.3, -0.25) is 9.59 Å². The van der Waals surface area contributed by atoms with E-state index >= 15 is 0 Å². The molecule has 2 amide bonds. The smallest absolute Gasteiger partial charge is 0.228 e. The molecule has 7 nitrogen and oxygen atoms in total. The number of likely N-dealkylation sites (N-methyl/N-ethyl adjacent to an activating group) is 1. The Kier molecular flexibility index (Phi) is 5.66. The van der Waals surface area contributed by atoms with Gasteiger partial charge in [-0.2, -0.15) is 0 Å². The zero-order chi connectivity index (χ0) is 18.7. The molecule has 0 spiro atoms. The minimum atomic E-state index is -0.225. The largest absolute Gasteiger partial charge is 0.493 e. The molecule has 0 bridgehead atoms. The van der Waals surface area contributed by atoms with Crippen LogP contribution in [0.3, 0.4) is 0 Å². The first-order valence-corrected chi connectivity index (χ1v) is 8.99. The van der Waals surface area contributed by atoms with E-state index in [0.717, 1.165) is 6.54 Å². The number of methoxy groups -OCH3 is 1. The van der Waals surface area contributed by atoms with Gasteiger partial charge < -0.3 is 24.2 Å². The Balaban J connectivity index is 1.47. The summed E-state index contributed by atoms with van der Waals surface area (Å²) in [6, 6.07) is 7.50. The minimum Gasteiger partial charge on any atom is -0.493 e. The maximum Gasteiger partial charge on any atom is 0.228 e. The zero-order valence-corrected chi connectivity index (χ0v) is 15.7. The van der Waals surface area contributed by atoms with Crippen molar-refractivity contribution in [2.45, 2.75) is 12.5 Å². The van der Waals surface area contributed by atoms with Gasteiger partial charge in [0.25, 0.3) is 0 Å². The predicted octanol–water partition coefficient (Wildman–Crippen LogP) is 0.695. The van der Waals surface area contributed by atoms with Gasteiger partial charge >= 0.3 is 0 Å². The van der Waals surface area contributed by atoms with Crippen molar-refractivity contribution in [3.63, 3.8) is 0 Å². The second kappa shape index (κ2) is 7.95. The molecule has 1 aromatic carbocycles. The van der Waals surface area contributed by atoms with Gasteiger partial charge in [0.15, 0.2) is 11.5 Å². The molecule has 2 aliphatic rings. The molecular weight excluding hydrogens is 334 g/mol. The Labute approximate surface area is 154 Å². The van der Waals surface area contributed by atoms with Gasteiger partial charge in [-0.25, -0.2) is 0 Å².